The van der Waals surface area contributed by atoms with E-state index in [9.17, 15) is 17.6 Å². The fourth-order valence-electron chi connectivity index (χ4n) is 1.49. The van der Waals surface area contributed by atoms with Gasteiger partial charge in [-0.25, -0.2) is 4.39 Å². The lowest BCUT2D eigenvalue weighted by Crippen LogP contribution is -2.07. The molecule has 0 N–H and O–H groups in total. The second kappa shape index (κ2) is 4.16. The molecule has 17 heavy (non-hydrogen) atoms. The monoisotopic (exact) mass is 241 g/mol. The molecule has 0 aliphatic heterocycles. The highest BCUT2D eigenvalue weighted by Gasteiger charge is 2.33. The van der Waals surface area contributed by atoms with Crippen molar-refractivity contribution in [3.8, 4) is 11.3 Å². The number of benzene rings is 1. The van der Waals surface area contributed by atoms with E-state index in [1.54, 1.807) is 0 Å². The fourth-order valence-corrected chi connectivity index (χ4v) is 1.49. The van der Waals surface area contributed by atoms with E-state index in [-0.39, 0.29) is 11.3 Å². The number of aromatic nitrogens is 1. The molecule has 0 spiro atoms. The van der Waals surface area contributed by atoms with E-state index in [4.69, 9.17) is 0 Å². The minimum absolute atomic E-state index is 0.0556. The van der Waals surface area contributed by atoms with Gasteiger partial charge in [0, 0.05) is 5.56 Å². The van der Waals surface area contributed by atoms with Crippen molar-refractivity contribution in [2.45, 2.75) is 6.18 Å². The average molecular weight is 241 g/mol. The zero-order chi connectivity index (χ0) is 12.5. The van der Waals surface area contributed by atoms with Crippen molar-refractivity contribution >= 4 is 0 Å². The van der Waals surface area contributed by atoms with E-state index in [1.807, 2.05) is 0 Å². The molecule has 0 fully saturated rings. The molecule has 0 saturated carbocycles. The van der Waals surface area contributed by atoms with Gasteiger partial charge in [0.25, 0.3) is 0 Å². The zero-order valence-corrected chi connectivity index (χ0v) is 8.50. The van der Waals surface area contributed by atoms with Gasteiger partial charge in [-0.3, -0.25) is 4.98 Å². The highest BCUT2D eigenvalue weighted by molar-refractivity contribution is 5.64. The molecule has 0 saturated heterocycles. The van der Waals surface area contributed by atoms with Crippen LogP contribution < -0.4 is 0 Å². The third kappa shape index (κ3) is 2.43. The largest absolute Gasteiger partial charge is 0.417 e. The van der Waals surface area contributed by atoms with E-state index < -0.39 is 17.6 Å². The summed E-state index contributed by atoms with van der Waals surface area (Å²) >= 11 is 0. The second-order valence-corrected chi connectivity index (χ2v) is 3.41. The van der Waals surface area contributed by atoms with Gasteiger partial charge in [0.1, 0.15) is 5.82 Å². The maximum Gasteiger partial charge on any atom is 0.417 e. The first-order valence-corrected chi connectivity index (χ1v) is 4.76. The van der Waals surface area contributed by atoms with Crippen LogP contribution >= 0.6 is 0 Å². The van der Waals surface area contributed by atoms with Crippen molar-refractivity contribution in [1.29, 1.82) is 0 Å². The molecule has 5 heteroatoms. The summed E-state index contributed by atoms with van der Waals surface area (Å²) in [6, 6.07) is 7.37. The van der Waals surface area contributed by atoms with E-state index >= 15 is 0 Å². The van der Waals surface area contributed by atoms with Gasteiger partial charge in [0.2, 0.25) is 0 Å². The van der Waals surface area contributed by atoms with Crippen LogP contribution in [-0.4, -0.2) is 4.98 Å². The summed E-state index contributed by atoms with van der Waals surface area (Å²) < 4.78 is 50.8. The topological polar surface area (TPSA) is 12.9 Å². The summed E-state index contributed by atoms with van der Waals surface area (Å²) in [4.78, 5) is 3.65. The average Bonchev–Trinajstić information content (AvgIpc) is 2.29. The summed E-state index contributed by atoms with van der Waals surface area (Å²) in [6.07, 6.45) is -3.56. The molecule has 1 aromatic carbocycles. The van der Waals surface area contributed by atoms with Crippen LogP contribution in [-0.2, 0) is 6.18 Å². The standard InChI is InChI=1S/C12H7F4N/c13-8-5-6-11(17-7-8)9-3-1-2-4-10(9)12(14,15)16/h1-7H. The zero-order valence-electron chi connectivity index (χ0n) is 8.50. The van der Waals surface area contributed by atoms with Crippen molar-refractivity contribution in [1.82, 2.24) is 4.98 Å². The number of pyridine rings is 1. The SMILES string of the molecule is Fc1ccc(-c2ccccc2C(F)(F)F)nc1. The Kier molecular flexibility index (Phi) is 2.83. The molecule has 0 atom stereocenters. The molecule has 0 unspecified atom stereocenters. The van der Waals surface area contributed by atoms with Crippen molar-refractivity contribution in [3.05, 3.63) is 54.0 Å². The Morgan fingerprint density at radius 1 is 0.941 bits per heavy atom. The number of hydrogen-bond acceptors (Lipinski definition) is 1. The lowest BCUT2D eigenvalue weighted by Gasteiger charge is -2.11. The predicted octanol–water partition coefficient (Wildman–Crippen LogP) is 3.91. The molecule has 0 aliphatic carbocycles. The van der Waals surface area contributed by atoms with Crippen molar-refractivity contribution in [2.75, 3.05) is 0 Å². The van der Waals surface area contributed by atoms with Gasteiger partial charge in [-0.2, -0.15) is 13.2 Å². The Morgan fingerprint density at radius 2 is 1.65 bits per heavy atom. The van der Waals surface area contributed by atoms with E-state index in [1.165, 1.54) is 24.3 Å². The summed E-state index contributed by atoms with van der Waals surface area (Å²) in [6.45, 7) is 0. The molecule has 1 heterocycles. The summed E-state index contributed by atoms with van der Waals surface area (Å²) in [5.74, 6) is -0.585. The fraction of sp³-hybridized carbons (Fsp3) is 0.0833. The molecular formula is C12H7F4N. The molecular weight excluding hydrogens is 234 g/mol. The number of hydrogen-bond donors (Lipinski definition) is 0. The highest BCUT2D eigenvalue weighted by atomic mass is 19.4. The van der Waals surface area contributed by atoms with Crippen LogP contribution in [0.2, 0.25) is 0 Å². The molecule has 88 valence electrons. The first-order valence-electron chi connectivity index (χ1n) is 4.76. The van der Waals surface area contributed by atoms with Gasteiger partial charge in [-0.05, 0) is 18.2 Å². The minimum Gasteiger partial charge on any atom is -0.253 e. The highest BCUT2D eigenvalue weighted by Crippen LogP contribution is 2.36. The smallest absolute Gasteiger partial charge is 0.253 e. The number of halogens is 4. The third-order valence-electron chi connectivity index (χ3n) is 2.24. The maximum atomic E-state index is 12.7. The minimum atomic E-state index is -4.45. The van der Waals surface area contributed by atoms with Crippen molar-refractivity contribution in [2.24, 2.45) is 0 Å². The van der Waals surface area contributed by atoms with Crippen LogP contribution in [0, 0.1) is 5.82 Å². The van der Waals surface area contributed by atoms with Crippen molar-refractivity contribution in [3.63, 3.8) is 0 Å². The normalized spacial score (nSPS) is 11.5. The van der Waals surface area contributed by atoms with Gasteiger partial charge in [0.05, 0.1) is 17.5 Å². The maximum absolute atomic E-state index is 12.7. The van der Waals surface area contributed by atoms with Crippen molar-refractivity contribution < 1.29 is 17.6 Å². The number of nitrogens with zero attached hydrogens (tertiary/aromatic N) is 1. The summed E-state index contributed by atoms with van der Waals surface area (Å²) in [5, 5.41) is 0. The van der Waals surface area contributed by atoms with Gasteiger partial charge in [0.15, 0.2) is 0 Å². The first-order chi connectivity index (χ1) is 7.98. The van der Waals surface area contributed by atoms with Gasteiger partial charge >= 0.3 is 6.18 Å². The summed E-state index contributed by atoms with van der Waals surface area (Å²) in [5.41, 5.74) is -0.738. The lowest BCUT2D eigenvalue weighted by atomic mass is 10.0. The molecule has 0 radical (unpaired) electrons. The molecule has 0 amide bonds. The quantitative estimate of drug-likeness (QED) is 0.690. The molecule has 1 aromatic heterocycles. The molecule has 0 aliphatic rings. The molecule has 2 rings (SSSR count). The summed E-state index contributed by atoms with van der Waals surface area (Å²) in [7, 11) is 0. The second-order valence-electron chi connectivity index (χ2n) is 3.41. The van der Waals surface area contributed by atoms with E-state index in [0.717, 1.165) is 18.3 Å². The van der Waals surface area contributed by atoms with Crippen LogP contribution in [0.3, 0.4) is 0 Å². The van der Waals surface area contributed by atoms with Crippen LogP contribution in [0.25, 0.3) is 11.3 Å². The third-order valence-corrected chi connectivity index (χ3v) is 2.24. The molecule has 2 aromatic rings. The Bertz CT molecular complexity index is 517. The molecule has 1 nitrogen and oxygen atoms in total. The predicted molar refractivity (Wildman–Crippen MR) is 54.6 cm³/mol. The van der Waals surface area contributed by atoms with Gasteiger partial charge in [-0.1, -0.05) is 18.2 Å². The van der Waals surface area contributed by atoms with Crippen LogP contribution in [0.15, 0.2) is 42.6 Å². The van der Waals surface area contributed by atoms with Gasteiger partial charge in [-0.15, -0.1) is 0 Å². The number of alkyl halides is 3. The number of rotatable bonds is 1. The van der Waals surface area contributed by atoms with Crippen LogP contribution in [0.5, 0.6) is 0 Å². The lowest BCUT2D eigenvalue weighted by molar-refractivity contribution is -0.137. The first kappa shape index (κ1) is 11.6. The van der Waals surface area contributed by atoms with E-state index in [2.05, 4.69) is 4.98 Å². The van der Waals surface area contributed by atoms with Gasteiger partial charge < -0.3 is 0 Å². The van der Waals surface area contributed by atoms with Crippen LogP contribution in [0.1, 0.15) is 5.56 Å². The Balaban J connectivity index is 2.56. The Labute approximate surface area is 94.7 Å². The van der Waals surface area contributed by atoms with E-state index in [0.29, 0.717) is 0 Å². The van der Waals surface area contributed by atoms with Crippen LogP contribution in [0.4, 0.5) is 17.6 Å². The molecule has 0 bridgehead atoms. The Morgan fingerprint density at radius 3 is 2.24 bits per heavy atom. The Hall–Kier alpha value is -1.91.